The van der Waals surface area contributed by atoms with Gasteiger partial charge in [-0.15, -0.1) is 0 Å². The van der Waals surface area contributed by atoms with E-state index in [1.54, 1.807) is 0 Å². The number of rotatable bonds is 12. The molecular weight excluding hydrogens is 424 g/mol. The molecule has 0 aliphatic carbocycles. The predicted molar refractivity (Wildman–Crippen MR) is 114 cm³/mol. The average Bonchev–Trinajstić information content (AvgIpc) is 2.90. The number of halogens is 1. The van der Waals surface area contributed by atoms with E-state index in [-0.39, 0.29) is 12.5 Å². The minimum atomic E-state index is -0.457. The van der Waals surface area contributed by atoms with Gasteiger partial charge in [-0.1, -0.05) is 0 Å². The molecule has 0 bridgehead atoms. The van der Waals surface area contributed by atoms with Crippen molar-refractivity contribution < 1.29 is 13.9 Å². The first-order chi connectivity index (χ1) is 13.6. The minimum absolute atomic E-state index is 0.0416. The van der Waals surface area contributed by atoms with Crippen LogP contribution in [0.1, 0.15) is 38.2 Å². The fourth-order valence-electron chi connectivity index (χ4n) is 2.98. The molecule has 0 saturated carbocycles. The Balaban J connectivity index is 1.94. The molecule has 1 N–H and O–H groups in total. The van der Waals surface area contributed by atoms with E-state index < -0.39 is 6.67 Å². The van der Waals surface area contributed by atoms with Crippen molar-refractivity contribution in [3.8, 4) is 0 Å². The van der Waals surface area contributed by atoms with Crippen LogP contribution in [0.25, 0.3) is 6.08 Å². The number of likely N-dealkylation sites (N-methyl/N-ethyl adjacent to an activating group) is 1. The maximum atomic E-state index is 12.8. The predicted octanol–water partition coefficient (Wildman–Crippen LogP) is 3.04. The second-order valence-corrected chi connectivity index (χ2v) is 7.50. The Morgan fingerprint density at radius 2 is 1.93 bits per heavy atom. The van der Waals surface area contributed by atoms with Gasteiger partial charge in [-0.3, -0.25) is 0 Å². The molecule has 1 amide bonds. The summed E-state index contributed by atoms with van der Waals surface area (Å²) in [6, 6.07) is 7.88. The topological polar surface area (TPSA) is 44.8 Å². The standard InChI is InChI=1S/C21H30FN3O2Se/c1-3-4-5-6-13-25-20(26)19(24(2)21(25)28)16-17-7-9-18(10-8-17)23-12-15-27-14-11-22/h7-10,16,23H,3-6,11-15H2,1-2H3/b19-16+. The molecule has 1 aromatic carbocycles. The summed E-state index contributed by atoms with van der Waals surface area (Å²) in [6.07, 6.45) is 6.46. The van der Waals surface area contributed by atoms with Gasteiger partial charge in [-0.25, -0.2) is 4.39 Å². The number of ether oxygens (including phenoxy) is 1. The second kappa shape index (κ2) is 12.0. The third-order valence-electron chi connectivity index (χ3n) is 4.59. The van der Waals surface area contributed by atoms with E-state index in [1.807, 2.05) is 47.2 Å². The Bertz CT molecular complexity index is 679. The molecule has 7 heteroatoms. The van der Waals surface area contributed by atoms with Crippen molar-refractivity contribution in [2.24, 2.45) is 0 Å². The monoisotopic (exact) mass is 455 g/mol. The zero-order valence-corrected chi connectivity index (χ0v) is 18.5. The van der Waals surface area contributed by atoms with Gasteiger partial charge in [-0.05, 0) is 0 Å². The van der Waals surface area contributed by atoms with E-state index in [1.165, 1.54) is 12.8 Å². The molecule has 0 unspecified atom stereocenters. The van der Waals surface area contributed by atoms with Crippen molar-refractivity contribution in [1.82, 2.24) is 9.80 Å². The molecule has 1 aromatic rings. The van der Waals surface area contributed by atoms with Crippen LogP contribution in [0.15, 0.2) is 30.0 Å². The quantitative estimate of drug-likeness (QED) is 0.300. The van der Waals surface area contributed by atoms with Crippen molar-refractivity contribution in [3.05, 3.63) is 35.5 Å². The van der Waals surface area contributed by atoms with Crippen molar-refractivity contribution in [1.29, 1.82) is 0 Å². The zero-order valence-electron chi connectivity index (χ0n) is 16.7. The Morgan fingerprint density at radius 1 is 1.18 bits per heavy atom. The third-order valence-corrected chi connectivity index (χ3v) is 5.63. The first-order valence-corrected chi connectivity index (χ1v) is 10.7. The van der Waals surface area contributed by atoms with Gasteiger partial charge in [0.1, 0.15) is 6.67 Å². The summed E-state index contributed by atoms with van der Waals surface area (Å²) < 4.78 is 17.9. The van der Waals surface area contributed by atoms with E-state index >= 15 is 0 Å². The van der Waals surface area contributed by atoms with E-state index in [4.69, 9.17) is 4.74 Å². The van der Waals surface area contributed by atoms with Crippen LogP contribution in [-0.4, -0.2) is 76.0 Å². The second-order valence-electron chi connectivity index (χ2n) is 6.74. The Morgan fingerprint density at radius 3 is 2.61 bits per heavy atom. The summed E-state index contributed by atoms with van der Waals surface area (Å²) in [7, 11) is 1.91. The van der Waals surface area contributed by atoms with Gasteiger partial charge in [0.05, 0.1) is 6.61 Å². The Labute approximate surface area is 175 Å². The van der Waals surface area contributed by atoms with Gasteiger partial charge in [0.2, 0.25) is 0 Å². The van der Waals surface area contributed by atoms with Gasteiger partial charge in [0.25, 0.3) is 0 Å². The van der Waals surface area contributed by atoms with Crippen LogP contribution in [0.4, 0.5) is 10.1 Å². The molecule has 0 spiro atoms. The number of carbonyl (C=O) groups is 1. The van der Waals surface area contributed by atoms with Crippen LogP contribution in [0, 0.1) is 0 Å². The molecule has 2 rings (SSSR count). The summed E-state index contributed by atoms with van der Waals surface area (Å²) >= 11 is 3.03. The Kier molecular flexibility index (Phi) is 9.68. The third kappa shape index (κ3) is 6.43. The number of anilines is 1. The van der Waals surface area contributed by atoms with Gasteiger partial charge >= 0.3 is 157 Å². The van der Waals surface area contributed by atoms with Crippen LogP contribution < -0.4 is 5.32 Å². The summed E-state index contributed by atoms with van der Waals surface area (Å²) in [5.41, 5.74) is 2.60. The number of amides is 1. The van der Waals surface area contributed by atoms with E-state index in [9.17, 15) is 9.18 Å². The molecular formula is C21H30FN3O2Se. The maximum absolute atomic E-state index is 12.8. The molecule has 0 radical (unpaired) electrons. The van der Waals surface area contributed by atoms with E-state index in [0.29, 0.717) is 18.8 Å². The van der Waals surface area contributed by atoms with Crippen LogP contribution in [0.2, 0.25) is 0 Å². The number of nitrogens with one attached hydrogen (secondary N) is 1. The molecule has 0 atom stereocenters. The number of hydrogen-bond acceptors (Lipinski definition) is 4. The molecule has 154 valence electrons. The molecule has 28 heavy (non-hydrogen) atoms. The SMILES string of the molecule is CCCCCCN1C(=O)/C(=C\c2ccc(NCCOCCF)cc2)N(C)C1=[Se]. The van der Waals surface area contributed by atoms with Crippen LogP contribution in [0.3, 0.4) is 0 Å². The normalized spacial score (nSPS) is 15.8. The Hall–Kier alpha value is -1.69. The zero-order chi connectivity index (χ0) is 20.4. The van der Waals surface area contributed by atoms with Crippen LogP contribution >= 0.6 is 0 Å². The van der Waals surface area contributed by atoms with Crippen molar-refractivity contribution >= 4 is 37.9 Å². The number of nitrogens with zero attached hydrogens (tertiary/aromatic N) is 2. The number of unbranched alkanes of at least 4 members (excludes halogenated alkanes) is 3. The van der Waals surface area contributed by atoms with E-state index in [2.05, 4.69) is 27.8 Å². The molecule has 1 aliphatic rings. The molecule has 1 aliphatic heterocycles. The molecule has 1 saturated heterocycles. The van der Waals surface area contributed by atoms with Gasteiger partial charge < -0.3 is 0 Å². The summed E-state index contributed by atoms with van der Waals surface area (Å²) in [4.78, 5) is 16.6. The summed E-state index contributed by atoms with van der Waals surface area (Å²) in [5, 5.41) is 3.23. The summed E-state index contributed by atoms with van der Waals surface area (Å²) in [5.74, 6) is 0.0416. The van der Waals surface area contributed by atoms with Gasteiger partial charge in [-0.2, -0.15) is 0 Å². The average molecular weight is 454 g/mol. The summed E-state index contributed by atoms with van der Waals surface area (Å²) in [6.45, 7) is 3.70. The number of carbonyl (C=O) groups excluding carboxylic acids is 1. The van der Waals surface area contributed by atoms with Crippen molar-refractivity contribution in [2.45, 2.75) is 32.6 Å². The fraction of sp³-hybridized carbons (Fsp3) is 0.524. The van der Waals surface area contributed by atoms with Crippen LogP contribution in [-0.2, 0) is 9.53 Å². The first-order valence-electron chi connectivity index (χ1n) is 9.87. The molecule has 1 fully saturated rings. The fourth-order valence-corrected chi connectivity index (χ4v) is 3.56. The van der Waals surface area contributed by atoms with Gasteiger partial charge in [0.15, 0.2) is 0 Å². The molecule has 0 aromatic heterocycles. The number of hydrogen-bond donors (Lipinski definition) is 1. The molecule has 5 nitrogen and oxygen atoms in total. The number of alkyl halides is 1. The van der Waals surface area contributed by atoms with Crippen molar-refractivity contribution in [2.75, 3.05) is 45.3 Å². The van der Waals surface area contributed by atoms with Crippen molar-refractivity contribution in [3.63, 3.8) is 0 Å². The van der Waals surface area contributed by atoms with Gasteiger partial charge in [0, 0.05) is 0 Å². The van der Waals surface area contributed by atoms with E-state index in [0.717, 1.165) is 35.3 Å². The molecule has 1 heterocycles. The number of benzene rings is 1. The first kappa shape index (κ1) is 22.6. The van der Waals surface area contributed by atoms with Crippen LogP contribution in [0.5, 0.6) is 0 Å².